The molecule has 0 aliphatic carbocycles. The van der Waals surface area contributed by atoms with Crippen molar-refractivity contribution in [3.63, 3.8) is 0 Å². The molecule has 0 bridgehead atoms. The monoisotopic (exact) mass is 352 g/mol. The van der Waals surface area contributed by atoms with E-state index in [2.05, 4.69) is 12.4 Å². The second-order valence-corrected chi connectivity index (χ2v) is 7.56. The molecule has 1 atom stereocenters. The molecular formula is C17H25ClN4O2+2. The van der Waals surface area contributed by atoms with Crippen LogP contribution in [-0.2, 0) is 11.3 Å². The van der Waals surface area contributed by atoms with E-state index >= 15 is 0 Å². The Balaban J connectivity index is 1.63. The number of hydrogen-bond acceptors (Lipinski definition) is 2. The number of amides is 3. The molecule has 1 aromatic rings. The third-order valence-electron chi connectivity index (χ3n) is 5.05. The summed E-state index contributed by atoms with van der Waals surface area (Å²) in [6.45, 7) is 2.92. The molecule has 3 N–H and O–H groups in total. The van der Waals surface area contributed by atoms with Gasteiger partial charge in [-0.05, 0) is 12.1 Å². The molecule has 130 valence electrons. The third kappa shape index (κ3) is 3.41. The second-order valence-electron chi connectivity index (χ2n) is 7.12. The van der Waals surface area contributed by atoms with Crippen LogP contribution in [0.5, 0.6) is 0 Å². The van der Waals surface area contributed by atoms with Gasteiger partial charge in [0, 0.05) is 23.4 Å². The van der Waals surface area contributed by atoms with Crippen LogP contribution < -0.4 is 15.1 Å². The number of carbonyl (C=O) groups is 2. The number of piperidine rings is 1. The molecule has 6 nitrogen and oxygen atoms in total. The van der Waals surface area contributed by atoms with E-state index in [1.807, 2.05) is 31.3 Å². The predicted octanol–water partition coefficient (Wildman–Crippen LogP) is -1.09. The van der Waals surface area contributed by atoms with Gasteiger partial charge in [-0.1, -0.05) is 23.7 Å². The summed E-state index contributed by atoms with van der Waals surface area (Å²) < 4.78 is 0. The van der Waals surface area contributed by atoms with Crippen LogP contribution in [0.15, 0.2) is 24.3 Å². The minimum atomic E-state index is -0.669. The zero-order valence-electron chi connectivity index (χ0n) is 14.2. The molecule has 7 heteroatoms. The number of imide groups is 1. The molecule has 1 spiro atoms. The van der Waals surface area contributed by atoms with Crippen molar-refractivity contribution in [3.8, 4) is 0 Å². The van der Waals surface area contributed by atoms with Crippen molar-refractivity contribution in [1.29, 1.82) is 0 Å². The van der Waals surface area contributed by atoms with Gasteiger partial charge in [-0.15, -0.1) is 0 Å². The van der Waals surface area contributed by atoms with E-state index < -0.39 is 5.54 Å². The molecule has 2 saturated heterocycles. The Morgan fingerprint density at radius 1 is 1.25 bits per heavy atom. The Kier molecular flexibility index (Phi) is 4.80. The van der Waals surface area contributed by atoms with Gasteiger partial charge in [0.2, 0.25) is 0 Å². The minimum absolute atomic E-state index is 0.0598. The topological polar surface area (TPSA) is 58.3 Å². The summed E-state index contributed by atoms with van der Waals surface area (Å²) in [6.07, 6.45) is 1.44. The fourth-order valence-electron chi connectivity index (χ4n) is 3.54. The van der Waals surface area contributed by atoms with Crippen molar-refractivity contribution in [2.24, 2.45) is 0 Å². The van der Waals surface area contributed by atoms with Crippen LogP contribution in [0.3, 0.4) is 0 Å². The van der Waals surface area contributed by atoms with Crippen LogP contribution in [0.4, 0.5) is 4.79 Å². The summed E-state index contributed by atoms with van der Waals surface area (Å²) in [6, 6.07) is 7.40. The van der Waals surface area contributed by atoms with Crippen molar-refractivity contribution < 1.29 is 19.4 Å². The summed E-state index contributed by atoms with van der Waals surface area (Å²) in [7, 11) is 4.11. The first-order valence-corrected chi connectivity index (χ1v) is 8.78. The SMILES string of the molecule is C[NH+]1CCC2(CC1)NC(=O)N(C[NH+](C)Cc1ccc(Cl)cc1)C2=O. The smallest absolute Gasteiger partial charge is 0.329 e. The lowest BCUT2D eigenvalue weighted by molar-refractivity contribution is -0.901. The van der Waals surface area contributed by atoms with Crippen LogP contribution in [0.1, 0.15) is 18.4 Å². The fourth-order valence-corrected chi connectivity index (χ4v) is 3.66. The number of hydrogen-bond donors (Lipinski definition) is 3. The van der Waals surface area contributed by atoms with Gasteiger partial charge >= 0.3 is 6.03 Å². The lowest BCUT2D eigenvalue weighted by Crippen LogP contribution is -3.11. The Morgan fingerprint density at radius 3 is 2.50 bits per heavy atom. The molecule has 1 unspecified atom stereocenters. The number of quaternary nitrogens is 2. The molecule has 0 saturated carbocycles. The highest BCUT2D eigenvalue weighted by Crippen LogP contribution is 2.25. The van der Waals surface area contributed by atoms with Crippen LogP contribution >= 0.6 is 11.6 Å². The van der Waals surface area contributed by atoms with Gasteiger partial charge in [0.15, 0.2) is 6.67 Å². The molecule has 2 aliphatic heterocycles. The van der Waals surface area contributed by atoms with Crippen molar-refractivity contribution in [1.82, 2.24) is 10.2 Å². The fraction of sp³-hybridized carbons (Fsp3) is 0.529. The molecule has 24 heavy (non-hydrogen) atoms. The normalized spacial score (nSPS) is 28.3. The molecule has 0 aromatic heterocycles. The van der Waals surface area contributed by atoms with Gasteiger partial charge in [-0.2, -0.15) is 0 Å². The predicted molar refractivity (Wildman–Crippen MR) is 90.9 cm³/mol. The van der Waals surface area contributed by atoms with E-state index in [9.17, 15) is 9.59 Å². The molecule has 1 aromatic carbocycles. The lowest BCUT2D eigenvalue weighted by Gasteiger charge is -2.33. The summed E-state index contributed by atoms with van der Waals surface area (Å²) in [5.41, 5.74) is 0.457. The first-order valence-electron chi connectivity index (χ1n) is 8.41. The maximum absolute atomic E-state index is 12.8. The molecular weight excluding hydrogens is 328 g/mol. The highest BCUT2D eigenvalue weighted by atomic mass is 35.5. The standard InChI is InChI=1S/C17H23ClN4O2/c1-20-9-7-17(8-10-20)15(23)22(16(24)19-17)12-21(2)11-13-3-5-14(18)6-4-13/h3-6H,7-12H2,1-2H3,(H,19,24)/p+2. The van der Waals surface area contributed by atoms with E-state index in [1.54, 1.807) is 0 Å². The zero-order chi connectivity index (χ0) is 17.3. The van der Waals surface area contributed by atoms with Crippen molar-refractivity contribution in [3.05, 3.63) is 34.9 Å². The van der Waals surface area contributed by atoms with Crippen LogP contribution in [0.2, 0.25) is 5.02 Å². The van der Waals surface area contributed by atoms with Gasteiger partial charge in [0.05, 0.1) is 27.2 Å². The zero-order valence-corrected chi connectivity index (χ0v) is 14.9. The van der Waals surface area contributed by atoms with Crippen LogP contribution in [-0.4, -0.2) is 56.2 Å². The number of likely N-dealkylation sites (tertiary alicyclic amines) is 1. The first kappa shape index (κ1) is 17.2. The Bertz CT molecular complexity index is 626. The van der Waals surface area contributed by atoms with E-state index in [0.29, 0.717) is 11.7 Å². The van der Waals surface area contributed by atoms with Gasteiger partial charge in [0.25, 0.3) is 5.91 Å². The molecule has 3 rings (SSSR count). The number of carbonyl (C=O) groups excluding carboxylic acids is 2. The van der Waals surface area contributed by atoms with E-state index in [-0.39, 0.29) is 11.9 Å². The van der Waals surface area contributed by atoms with Gasteiger partial charge in [-0.25, -0.2) is 9.69 Å². The van der Waals surface area contributed by atoms with Crippen LogP contribution in [0.25, 0.3) is 0 Å². The number of rotatable bonds is 4. The summed E-state index contributed by atoms with van der Waals surface area (Å²) >= 11 is 5.90. The summed E-state index contributed by atoms with van der Waals surface area (Å²) in [5.74, 6) is -0.0598. The van der Waals surface area contributed by atoms with Crippen molar-refractivity contribution >= 4 is 23.5 Å². The highest BCUT2D eigenvalue weighted by Gasteiger charge is 2.53. The average molecular weight is 353 g/mol. The van der Waals surface area contributed by atoms with E-state index in [1.165, 1.54) is 9.80 Å². The Hall–Kier alpha value is -1.63. The number of nitrogens with zero attached hydrogens (tertiary/aromatic N) is 1. The number of halogens is 1. The molecule has 2 heterocycles. The third-order valence-corrected chi connectivity index (χ3v) is 5.30. The molecule has 0 radical (unpaired) electrons. The number of nitrogens with one attached hydrogen (secondary N) is 3. The minimum Gasteiger partial charge on any atom is -0.337 e. The van der Waals surface area contributed by atoms with Gasteiger partial charge in [0.1, 0.15) is 12.1 Å². The molecule has 3 amide bonds. The molecule has 2 aliphatic rings. The first-order chi connectivity index (χ1) is 11.4. The van der Waals surface area contributed by atoms with E-state index in [4.69, 9.17) is 11.6 Å². The van der Waals surface area contributed by atoms with E-state index in [0.717, 1.165) is 42.9 Å². The second kappa shape index (κ2) is 6.70. The number of urea groups is 1. The van der Waals surface area contributed by atoms with Crippen molar-refractivity contribution in [2.45, 2.75) is 24.9 Å². The quantitative estimate of drug-likeness (QED) is 0.603. The maximum Gasteiger partial charge on any atom is 0.329 e. The molecule has 2 fully saturated rings. The summed E-state index contributed by atoms with van der Waals surface area (Å²) in [5, 5.41) is 3.67. The van der Waals surface area contributed by atoms with Gasteiger partial charge < -0.3 is 15.1 Å². The lowest BCUT2D eigenvalue weighted by atomic mass is 9.88. The van der Waals surface area contributed by atoms with Crippen molar-refractivity contribution in [2.75, 3.05) is 33.9 Å². The Labute approximate surface area is 147 Å². The highest BCUT2D eigenvalue weighted by molar-refractivity contribution is 6.30. The van der Waals surface area contributed by atoms with Gasteiger partial charge in [-0.3, -0.25) is 4.79 Å². The summed E-state index contributed by atoms with van der Waals surface area (Å²) in [4.78, 5) is 29.0. The Morgan fingerprint density at radius 2 is 1.88 bits per heavy atom. The van der Waals surface area contributed by atoms with Crippen LogP contribution in [0, 0.1) is 0 Å². The largest absolute Gasteiger partial charge is 0.337 e. The average Bonchev–Trinajstić information content (AvgIpc) is 2.77. The maximum atomic E-state index is 12.8. The number of benzene rings is 1.